The van der Waals surface area contributed by atoms with E-state index in [9.17, 15) is 0 Å². The minimum Gasteiger partial charge on any atom is -0.481 e. The molecular formula is C6H13N3O2. The lowest BCUT2D eigenvalue weighted by Crippen LogP contribution is -2.04. The van der Waals surface area contributed by atoms with E-state index in [2.05, 4.69) is 4.99 Å². The van der Waals surface area contributed by atoms with Gasteiger partial charge in [0.15, 0.2) is 0 Å². The fourth-order valence-corrected chi connectivity index (χ4v) is 0.190. The van der Waals surface area contributed by atoms with Crippen LogP contribution in [-0.4, -0.2) is 23.2 Å². The van der Waals surface area contributed by atoms with E-state index in [1.807, 2.05) is 6.92 Å². The maximum atomic E-state index is 9.00. The Morgan fingerprint density at radius 1 is 1.82 bits per heavy atom. The molecule has 0 atom stereocenters. The number of nitrogens with one attached hydrogen (secondary N) is 1. The Morgan fingerprint density at radius 3 is 2.27 bits per heavy atom. The third-order valence-electron chi connectivity index (χ3n) is 0.413. The van der Waals surface area contributed by atoms with Gasteiger partial charge < -0.3 is 10.8 Å². The number of guanidine groups is 1. The number of nitrogens with two attached hydrogens (primary N) is 1. The minimum absolute atomic E-state index is 0.123. The highest BCUT2D eigenvalue weighted by Gasteiger charge is 1.71. The Kier molecular flexibility index (Phi) is 9.63. The highest BCUT2D eigenvalue weighted by Crippen LogP contribution is 1.66. The molecule has 0 spiro atoms. The molecule has 0 aliphatic heterocycles. The van der Waals surface area contributed by atoms with E-state index in [4.69, 9.17) is 21.0 Å². The molecule has 64 valence electrons. The van der Waals surface area contributed by atoms with Crippen molar-refractivity contribution in [1.29, 1.82) is 5.41 Å². The van der Waals surface area contributed by atoms with E-state index in [0.29, 0.717) is 0 Å². The number of carbonyl (C=O) groups is 1. The Labute approximate surface area is 65.4 Å². The lowest BCUT2D eigenvalue weighted by Gasteiger charge is -1.79. The average Bonchev–Trinajstić information content (AvgIpc) is 1.82. The molecule has 0 fully saturated rings. The number of aliphatic carboxylic acids is 1. The molecular weight excluding hydrogens is 146 g/mol. The second-order valence-corrected chi connectivity index (χ2v) is 1.62. The van der Waals surface area contributed by atoms with Crippen molar-refractivity contribution in [1.82, 2.24) is 0 Å². The van der Waals surface area contributed by atoms with Crippen LogP contribution in [0.2, 0.25) is 0 Å². The van der Waals surface area contributed by atoms with Crippen LogP contribution in [0.15, 0.2) is 4.99 Å². The summed E-state index contributed by atoms with van der Waals surface area (Å²) in [5.41, 5.74) is 4.86. The number of hydrogen-bond donors (Lipinski definition) is 3. The Balaban J connectivity index is 0. The fourth-order valence-electron chi connectivity index (χ4n) is 0.190. The highest BCUT2D eigenvalue weighted by atomic mass is 16.4. The second kappa shape index (κ2) is 8.61. The van der Waals surface area contributed by atoms with Crippen LogP contribution in [0.5, 0.6) is 0 Å². The fraction of sp³-hybridized carbons (Fsp3) is 0.500. The van der Waals surface area contributed by atoms with Crippen molar-refractivity contribution >= 4 is 18.1 Å². The van der Waals surface area contributed by atoms with Gasteiger partial charge in [0, 0.05) is 13.1 Å². The van der Waals surface area contributed by atoms with Crippen LogP contribution in [0.1, 0.15) is 20.3 Å². The molecule has 0 bridgehead atoms. The summed E-state index contributed by atoms with van der Waals surface area (Å²) in [7, 11) is 0. The van der Waals surface area contributed by atoms with Crippen molar-refractivity contribution < 1.29 is 9.90 Å². The second-order valence-electron chi connectivity index (χ2n) is 1.62. The SMILES string of the molecule is CC(=O)O.CCC=NC(=N)N. The molecule has 11 heavy (non-hydrogen) atoms. The van der Waals surface area contributed by atoms with Gasteiger partial charge in [-0.25, -0.2) is 4.99 Å². The van der Waals surface area contributed by atoms with Crippen LogP contribution < -0.4 is 5.73 Å². The van der Waals surface area contributed by atoms with Crippen molar-refractivity contribution in [2.24, 2.45) is 10.7 Å². The summed E-state index contributed by atoms with van der Waals surface area (Å²) in [6.07, 6.45) is 2.43. The zero-order valence-corrected chi connectivity index (χ0v) is 6.66. The largest absolute Gasteiger partial charge is 0.481 e. The maximum absolute atomic E-state index is 9.00. The minimum atomic E-state index is -0.833. The molecule has 0 saturated carbocycles. The maximum Gasteiger partial charge on any atom is 0.300 e. The van der Waals surface area contributed by atoms with Gasteiger partial charge in [-0.05, 0) is 6.42 Å². The summed E-state index contributed by atoms with van der Waals surface area (Å²) in [4.78, 5) is 12.5. The zero-order chi connectivity index (χ0) is 9.28. The third-order valence-corrected chi connectivity index (χ3v) is 0.413. The van der Waals surface area contributed by atoms with Crippen molar-refractivity contribution in [2.45, 2.75) is 20.3 Å². The molecule has 0 radical (unpaired) electrons. The molecule has 0 saturated heterocycles. The Morgan fingerprint density at radius 2 is 2.18 bits per heavy atom. The lowest BCUT2D eigenvalue weighted by atomic mass is 10.5. The molecule has 5 nitrogen and oxygen atoms in total. The Bertz CT molecular complexity index is 150. The molecule has 0 aromatic carbocycles. The van der Waals surface area contributed by atoms with Crippen molar-refractivity contribution in [2.75, 3.05) is 0 Å². The Hall–Kier alpha value is -1.39. The van der Waals surface area contributed by atoms with E-state index in [1.54, 1.807) is 6.21 Å². The van der Waals surface area contributed by atoms with Crippen LogP contribution in [0.4, 0.5) is 0 Å². The number of nitrogens with zero attached hydrogens (tertiary/aromatic N) is 1. The van der Waals surface area contributed by atoms with Crippen molar-refractivity contribution in [3.05, 3.63) is 0 Å². The van der Waals surface area contributed by atoms with Gasteiger partial charge in [0.2, 0.25) is 5.96 Å². The smallest absolute Gasteiger partial charge is 0.300 e. The summed E-state index contributed by atoms with van der Waals surface area (Å²) >= 11 is 0. The standard InChI is InChI=1S/C4H9N3.C2H4O2/c1-2-3-7-4(5)6;1-2(3)4/h3H,2H2,1H3,(H3,5,6);1H3,(H,3,4). The summed E-state index contributed by atoms with van der Waals surface area (Å²) in [5, 5.41) is 14.0. The summed E-state index contributed by atoms with van der Waals surface area (Å²) in [6.45, 7) is 3.02. The number of aliphatic imine (C=N–C) groups is 1. The number of hydrogen-bond acceptors (Lipinski definition) is 2. The van der Waals surface area contributed by atoms with Gasteiger partial charge in [-0.3, -0.25) is 10.2 Å². The first-order valence-electron chi connectivity index (χ1n) is 3.06. The van der Waals surface area contributed by atoms with Gasteiger partial charge in [-0.2, -0.15) is 0 Å². The summed E-state index contributed by atoms with van der Waals surface area (Å²) in [6, 6.07) is 0. The van der Waals surface area contributed by atoms with E-state index >= 15 is 0 Å². The van der Waals surface area contributed by atoms with E-state index in [1.165, 1.54) is 0 Å². The molecule has 0 unspecified atom stereocenters. The molecule has 0 amide bonds. The molecule has 0 rings (SSSR count). The summed E-state index contributed by atoms with van der Waals surface area (Å²) in [5.74, 6) is -0.957. The van der Waals surface area contributed by atoms with Crippen LogP contribution in [0.3, 0.4) is 0 Å². The average molecular weight is 159 g/mol. The van der Waals surface area contributed by atoms with E-state index < -0.39 is 5.97 Å². The number of carboxylic acids is 1. The highest BCUT2D eigenvalue weighted by molar-refractivity contribution is 5.83. The van der Waals surface area contributed by atoms with E-state index in [0.717, 1.165) is 13.3 Å². The van der Waals surface area contributed by atoms with Crippen molar-refractivity contribution in [3.8, 4) is 0 Å². The van der Waals surface area contributed by atoms with Gasteiger partial charge in [-0.1, -0.05) is 6.92 Å². The van der Waals surface area contributed by atoms with Crippen LogP contribution in [0, 0.1) is 5.41 Å². The monoisotopic (exact) mass is 159 g/mol. The van der Waals surface area contributed by atoms with Gasteiger partial charge in [0.05, 0.1) is 0 Å². The van der Waals surface area contributed by atoms with E-state index in [-0.39, 0.29) is 5.96 Å². The normalized spacial score (nSPS) is 8.55. The van der Waals surface area contributed by atoms with Gasteiger partial charge in [0.1, 0.15) is 0 Å². The summed E-state index contributed by atoms with van der Waals surface area (Å²) < 4.78 is 0. The first kappa shape index (κ1) is 12.3. The third kappa shape index (κ3) is 55.2. The molecule has 0 aliphatic carbocycles. The van der Waals surface area contributed by atoms with Crippen LogP contribution in [-0.2, 0) is 4.79 Å². The molecule has 0 aliphatic rings. The van der Waals surface area contributed by atoms with Crippen LogP contribution >= 0.6 is 0 Å². The number of rotatable bonds is 1. The predicted molar refractivity (Wildman–Crippen MR) is 44.0 cm³/mol. The predicted octanol–water partition coefficient (Wildman–Crippen LogP) is 0.452. The molecule has 5 heteroatoms. The molecule has 0 aromatic heterocycles. The lowest BCUT2D eigenvalue weighted by molar-refractivity contribution is -0.134. The molecule has 4 N–H and O–H groups in total. The van der Waals surface area contributed by atoms with Crippen molar-refractivity contribution in [3.63, 3.8) is 0 Å². The zero-order valence-electron chi connectivity index (χ0n) is 6.66. The number of carboxylic acid groups (broad SMARTS) is 1. The van der Waals surface area contributed by atoms with Gasteiger partial charge in [-0.15, -0.1) is 0 Å². The quantitative estimate of drug-likeness (QED) is 0.382. The molecule has 0 heterocycles. The first-order valence-corrected chi connectivity index (χ1v) is 3.06. The topological polar surface area (TPSA) is 99.5 Å². The van der Waals surface area contributed by atoms with Crippen LogP contribution in [0.25, 0.3) is 0 Å². The first-order chi connectivity index (χ1) is 5.00. The van der Waals surface area contributed by atoms with Gasteiger partial charge in [0.25, 0.3) is 5.97 Å². The van der Waals surface area contributed by atoms with Gasteiger partial charge >= 0.3 is 0 Å². The molecule has 0 aromatic rings.